The van der Waals surface area contributed by atoms with E-state index in [1.165, 1.54) is 10.1 Å². The summed E-state index contributed by atoms with van der Waals surface area (Å²) in [5.74, 6) is 0. The van der Waals surface area contributed by atoms with Crippen molar-refractivity contribution in [2.24, 2.45) is 0 Å². The molecule has 2 fully saturated rings. The van der Waals surface area contributed by atoms with Gasteiger partial charge in [0.05, 0.1) is 18.0 Å². The predicted molar refractivity (Wildman–Crippen MR) is 93.3 cm³/mol. The second-order valence-electron chi connectivity index (χ2n) is 6.36. The first kappa shape index (κ1) is 15.6. The van der Waals surface area contributed by atoms with Crippen LogP contribution in [-0.2, 0) is 14.8 Å². The molecule has 1 aliphatic carbocycles. The van der Waals surface area contributed by atoms with E-state index in [4.69, 9.17) is 4.74 Å². The van der Waals surface area contributed by atoms with E-state index in [9.17, 15) is 8.42 Å². The van der Waals surface area contributed by atoms with Crippen LogP contribution in [0.2, 0.25) is 0 Å². The molecule has 124 valence electrons. The third kappa shape index (κ3) is 2.82. The molecule has 2 aromatic rings. The van der Waals surface area contributed by atoms with Crippen LogP contribution in [0.3, 0.4) is 0 Å². The molecule has 1 aliphatic heterocycles. The summed E-state index contributed by atoms with van der Waals surface area (Å²) in [6.07, 6.45) is 3.54. The van der Waals surface area contributed by atoms with Gasteiger partial charge in [-0.15, -0.1) is 11.3 Å². The fourth-order valence-corrected chi connectivity index (χ4v) is 6.72. The van der Waals surface area contributed by atoms with Crippen LogP contribution in [0, 0.1) is 0 Å². The largest absolute Gasteiger partial charge is 0.371 e. The highest BCUT2D eigenvalue weighted by Crippen LogP contribution is 2.35. The summed E-state index contributed by atoms with van der Waals surface area (Å²) in [5, 5.41) is 3.11. The van der Waals surface area contributed by atoms with E-state index < -0.39 is 10.0 Å². The highest BCUT2D eigenvalue weighted by molar-refractivity contribution is 7.89. The summed E-state index contributed by atoms with van der Waals surface area (Å²) in [4.78, 5) is 0. The number of nitrogens with zero attached hydrogens (tertiary/aromatic N) is 1. The third-order valence-electron chi connectivity index (χ3n) is 4.97. The number of ether oxygens (including phenoxy) is 1. The Morgan fingerprint density at radius 3 is 2.78 bits per heavy atom. The third-order valence-corrected chi connectivity index (χ3v) is 8.32. The van der Waals surface area contributed by atoms with Crippen LogP contribution in [0.25, 0.3) is 10.1 Å². The van der Waals surface area contributed by atoms with Gasteiger partial charge in [0.1, 0.15) is 0 Å². The van der Waals surface area contributed by atoms with E-state index in [0.29, 0.717) is 19.7 Å². The first-order chi connectivity index (χ1) is 11.2. The molecule has 0 amide bonds. The molecule has 2 aliphatic rings. The maximum absolute atomic E-state index is 12.8. The molecule has 0 N–H and O–H groups in total. The Labute approximate surface area is 141 Å². The SMILES string of the molecule is O=S(=O)(C1CCCC1)N1CCOC(c2csc3ccccc23)C1. The van der Waals surface area contributed by atoms with Gasteiger partial charge in [-0.25, -0.2) is 8.42 Å². The van der Waals surface area contributed by atoms with Crippen molar-refractivity contribution in [1.82, 2.24) is 4.31 Å². The van der Waals surface area contributed by atoms with Gasteiger partial charge in [0.2, 0.25) is 10.0 Å². The number of rotatable bonds is 3. The molecule has 0 radical (unpaired) electrons. The molecular weight excluding hydrogens is 330 g/mol. The van der Waals surface area contributed by atoms with E-state index >= 15 is 0 Å². The molecule has 23 heavy (non-hydrogen) atoms. The summed E-state index contributed by atoms with van der Waals surface area (Å²) >= 11 is 1.69. The minimum absolute atomic E-state index is 0.156. The van der Waals surface area contributed by atoms with Crippen LogP contribution in [0.1, 0.15) is 37.4 Å². The molecular formula is C17H21NO3S2. The number of thiophene rings is 1. The monoisotopic (exact) mass is 351 g/mol. The molecule has 0 bridgehead atoms. The molecule has 1 unspecified atom stereocenters. The number of hydrogen-bond acceptors (Lipinski definition) is 4. The van der Waals surface area contributed by atoms with Crippen molar-refractivity contribution in [2.75, 3.05) is 19.7 Å². The van der Waals surface area contributed by atoms with Gasteiger partial charge in [-0.1, -0.05) is 31.0 Å². The summed E-state index contributed by atoms with van der Waals surface area (Å²) in [7, 11) is -3.18. The Kier molecular flexibility index (Phi) is 4.17. The first-order valence-electron chi connectivity index (χ1n) is 8.23. The lowest BCUT2D eigenvalue weighted by atomic mass is 10.1. The average molecular weight is 351 g/mol. The Bertz CT molecular complexity index is 793. The quantitative estimate of drug-likeness (QED) is 0.850. The summed E-state index contributed by atoms with van der Waals surface area (Å²) in [6, 6.07) is 8.24. The highest BCUT2D eigenvalue weighted by atomic mass is 32.2. The zero-order chi connectivity index (χ0) is 15.9. The lowest BCUT2D eigenvalue weighted by Crippen LogP contribution is -2.45. The number of hydrogen-bond donors (Lipinski definition) is 0. The summed E-state index contributed by atoms with van der Waals surface area (Å²) in [6.45, 7) is 1.40. The lowest BCUT2D eigenvalue weighted by Gasteiger charge is -2.33. The zero-order valence-electron chi connectivity index (χ0n) is 13.0. The Hall–Kier alpha value is -0.950. The minimum atomic E-state index is -3.18. The van der Waals surface area contributed by atoms with Crippen molar-refractivity contribution in [2.45, 2.75) is 37.0 Å². The van der Waals surface area contributed by atoms with Gasteiger partial charge in [0.25, 0.3) is 0 Å². The van der Waals surface area contributed by atoms with Crippen LogP contribution in [-0.4, -0.2) is 37.7 Å². The van der Waals surface area contributed by atoms with E-state index in [-0.39, 0.29) is 11.4 Å². The van der Waals surface area contributed by atoms with Crippen LogP contribution in [0.15, 0.2) is 29.6 Å². The topological polar surface area (TPSA) is 46.6 Å². The van der Waals surface area contributed by atoms with Gasteiger partial charge < -0.3 is 4.74 Å². The Morgan fingerprint density at radius 2 is 1.96 bits per heavy atom. The van der Waals surface area contributed by atoms with Gasteiger partial charge in [0.15, 0.2) is 0 Å². The molecule has 0 spiro atoms. The zero-order valence-corrected chi connectivity index (χ0v) is 14.6. The van der Waals surface area contributed by atoms with Crippen LogP contribution >= 0.6 is 11.3 Å². The van der Waals surface area contributed by atoms with Crippen molar-refractivity contribution in [3.8, 4) is 0 Å². The second kappa shape index (κ2) is 6.16. The van der Waals surface area contributed by atoms with Crippen molar-refractivity contribution in [3.05, 3.63) is 35.2 Å². The van der Waals surface area contributed by atoms with Crippen LogP contribution in [0.4, 0.5) is 0 Å². The number of fused-ring (bicyclic) bond motifs is 1. The second-order valence-corrected chi connectivity index (χ2v) is 9.48. The van der Waals surface area contributed by atoms with Crippen molar-refractivity contribution in [3.63, 3.8) is 0 Å². The Balaban J connectivity index is 1.60. The Morgan fingerprint density at radius 1 is 1.17 bits per heavy atom. The molecule has 1 saturated carbocycles. The van der Waals surface area contributed by atoms with E-state index in [1.54, 1.807) is 15.6 Å². The molecule has 1 aromatic carbocycles. The normalized spacial score (nSPS) is 24.4. The number of sulfonamides is 1. The van der Waals surface area contributed by atoms with Crippen molar-refractivity contribution in [1.29, 1.82) is 0 Å². The molecule has 1 aromatic heterocycles. The smallest absolute Gasteiger partial charge is 0.217 e. The van der Waals surface area contributed by atoms with Gasteiger partial charge in [0, 0.05) is 23.4 Å². The van der Waals surface area contributed by atoms with Gasteiger partial charge >= 0.3 is 0 Å². The van der Waals surface area contributed by atoms with Crippen molar-refractivity contribution < 1.29 is 13.2 Å². The first-order valence-corrected chi connectivity index (χ1v) is 10.6. The lowest BCUT2D eigenvalue weighted by molar-refractivity contribution is -0.00181. The standard InChI is InChI=1S/C17H21NO3S2/c19-23(20,13-5-1-2-6-13)18-9-10-21-16(11-18)15-12-22-17-8-4-3-7-14(15)17/h3-4,7-8,12-13,16H,1-2,5-6,9-11H2. The minimum Gasteiger partial charge on any atom is -0.371 e. The maximum Gasteiger partial charge on any atom is 0.217 e. The summed E-state index contributed by atoms with van der Waals surface area (Å²) < 4.78 is 34.5. The fourth-order valence-electron chi connectivity index (χ4n) is 3.69. The molecule has 1 atom stereocenters. The average Bonchev–Trinajstić information content (AvgIpc) is 3.25. The van der Waals surface area contributed by atoms with Gasteiger partial charge in [-0.2, -0.15) is 4.31 Å². The molecule has 4 nitrogen and oxygen atoms in total. The molecule has 2 heterocycles. The fraction of sp³-hybridized carbons (Fsp3) is 0.529. The molecule has 4 rings (SSSR count). The van der Waals surface area contributed by atoms with E-state index in [2.05, 4.69) is 17.5 Å². The molecule has 6 heteroatoms. The summed E-state index contributed by atoms with van der Waals surface area (Å²) in [5.41, 5.74) is 1.12. The van der Waals surface area contributed by atoms with Gasteiger partial charge in [-0.3, -0.25) is 0 Å². The van der Waals surface area contributed by atoms with Crippen LogP contribution < -0.4 is 0 Å². The van der Waals surface area contributed by atoms with E-state index in [1.807, 2.05) is 12.1 Å². The number of benzene rings is 1. The predicted octanol–water partition coefficient (Wildman–Crippen LogP) is 3.55. The van der Waals surface area contributed by atoms with Crippen molar-refractivity contribution >= 4 is 31.4 Å². The molecule has 1 saturated heterocycles. The van der Waals surface area contributed by atoms with E-state index in [0.717, 1.165) is 31.2 Å². The van der Waals surface area contributed by atoms with Crippen LogP contribution in [0.5, 0.6) is 0 Å². The highest BCUT2D eigenvalue weighted by Gasteiger charge is 2.37. The number of morpholine rings is 1. The van der Waals surface area contributed by atoms with Gasteiger partial charge in [-0.05, 0) is 29.7 Å². The maximum atomic E-state index is 12.8.